The van der Waals surface area contributed by atoms with Gasteiger partial charge in [-0.1, -0.05) is 11.6 Å². The van der Waals surface area contributed by atoms with Crippen molar-refractivity contribution in [3.8, 4) is 0 Å². The number of thiophene rings is 1. The van der Waals surface area contributed by atoms with Gasteiger partial charge in [-0.15, -0.1) is 34.9 Å². The summed E-state index contributed by atoms with van der Waals surface area (Å²) in [5.74, 6) is 0. The van der Waals surface area contributed by atoms with Crippen molar-refractivity contribution in [2.75, 3.05) is 12.5 Å². The fourth-order valence-electron chi connectivity index (χ4n) is 0.842. The van der Waals surface area contributed by atoms with Gasteiger partial charge in [0.05, 0.1) is 9.23 Å². The maximum Gasteiger partial charge on any atom is 0.0797 e. The lowest BCUT2D eigenvalue weighted by molar-refractivity contribution is 1.40. The minimum atomic E-state index is 0.938. The summed E-state index contributed by atoms with van der Waals surface area (Å²) in [6.07, 6.45) is 4.12. The summed E-state index contributed by atoms with van der Waals surface area (Å²) in [5, 5.41) is 0.938. The summed E-state index contributed by atoms with van der Waals surface area (Å²) in [6.45, 7) is 2.11. The maximum absolute atomic E-state index is 6.10. The van der Waals surface area contributed by atoms with Gasteiger partial charge >= 0.3 is 0 Å². The van der Waals surface area contributed by atoms with Gasteiger partial charge in [-0.2, -0.15) is 0 Å². The topological polar surface area (TPSA) is 0 Å². The number of halogens is 1. The summed E-state index contributed by atoms with van der Waals surface area (Å²) in [7, 11) is 0. The van der Waals surface area contributed by atoms with Crippen LogP contribution in [-0.4, -0.2) is 12.5 Å². The molecule has 0 radical (unpaired) electrons. The quantitative estimate of drug-likeness (QED) is 0.693. The van der Waals surface area contributed by atoms with Crippen LogP contribution in [0.1, 0.15) is 4.88 Å². The van der Waals surface area contributed by atoms with Gasteiger partial charge < -0.3 is 0 Å². The predicted molar refractivity (Wildman–Crippen MR) is 57.6 cm³/mol. The van der Waals surface area contributed by atoms with E-state index in [0.717, 1.165) is 5.02 Å². The Kier molecular flexibility index (Phi) is 3.62. The van der Waals surface area contributed by atoms with Crippen LogP contribution >= 0.6 is 46.5 Å². The highest BCUT2D eigenvalue weighted by Crippen LogP contribution is 2.42. The van der Waals surface area contributed by atoms with E-state index >= 15 is 0 Å². The van der Waals surface area contributed by atoms with Gasteiger partial charge in [0.15, 0.2) is 0 Å². The molecule has 0 spiro atoms. The average Bonchev–Trinajstić information content (AvgIpc) is 2.26. The van der Waals surface area contributed by atoms with Crippen LogP contribution in [0.3, 0.4) is 0 Å². The average molecular weight is 225 g/mol. The van der Waals surface area contributed by atoms with E-state index in [0.29, 0.717) is 0 Å². The summed E-state index contributed by atoms with van der Waals surface area (Å²) >= 11 is 11.3. The van der Waals surface area contributed by atoms with Crippen molar-refractivity contribution >= 4 is 46.5 Å². The molecule has 0 aliphatic heterocycles. The Balaban J connectivity index is 3.14. The van der Waals surface area contributed by atoms with E-state index < -0.39 is 0 Å². The van der Waals surface area contributed by atoms with Crippen molar-refractivity contribution in [3.05, 3.63) is 9.90 Å². The number of thioether (sulfide) groups is 2. The van der Waals surface area contributed by atoms with Crippen LogP contribution < -0.4 is 0 Å². The Bertz CT molecular complexity index is 254. The smallest absolute Gasteiger partial charge is 0.0797 e. The van der Waals surface area contributed by atoms with Gasteiger partial charge in [-0.3, -0.25) is 0 Å². The lowest BCUT2D eigenvalue weighted by Crippen LogP contribution is -1.67. The SMILES string of the molecule is CSc1sc(C)c(SC)c1Cl. The van der Waals surface area contributed by atoms with Gasteiger partial charge in [0.1, 0.15) is 0 Å². The molecule has 0 aliphatic carbocycles. The zero-order valence-corrected chi connectivity index (χ0v) is 9.81. The van der Waals surface area contributed by atoms with Crippen molar-refractivity contribution in [1.82, 2.24) is 0 Å². The molecular formula is C7H9ClS3. The van der Waals surface area contributed by atoms with E-state index in [1.807, 2.05) is 0 Å². The van der Waals surface area contributed by atoms with Crippen LogP contribution in [-0.2, 0) is 0 Å². The van der Waals surface area contributed by atoms with E-state index in [-0.39, 0.29) is 0 Å². The van der Waals surface area contributed by atoms with E-state index in [2.05, 4.69) is 19.4 Å². The van der Waals surface area contributed by atoms with Crippen molar-refractivity contribution in [1.29, 1.82) is 0 Å². The monoisotopic (exact) mass is 224 g/mol. The van der Waals surface area contributed by atoms with Crippen molar-refractivity contribution < 1.29 is 0 Å². The first kappa shape index (κ1) is 9.78. The van der Waals surface area contributed by atoms with Crippen LogP contribution in [0.2, 0.25) is 5.02 Å². The van der Waals surface area contributed by atoms with Crippen LogP contribution in [0.25, 0.3) is 0 Å². The Morgan fingerprint density at radius 1 is 1.27 bits per heavy atom. The molecule has 0 atom stereocenters. The lowest BCUT2D eigenvalue weighted by atomic mass is 10.5. The molecule has 0 nitrogen and oxygen atoms in total. The largest absolute Gasteiger partial charge is 0.131 e. The van der Waals surface area contributed by atoms with Crippen LogP contribution in [0, 0.1) is 6.92 Å². The standard InChI is InChI=1S/C7H9ClS3/c1-4-6(9-2)5(8)7(10-3)11-4/h1-3H3. The molecule has 11 heavy (non-hydrogen) atoms. The Morgan fingerprint density at radius 2 is 1.91 bits per heavy atom. The Labute approximate surface area is 84.7 Å². The van der Waals surface area contributed by atoms with Gasteiger partial charge in [-0.05, 0) is 19.4 Å². The summed E-state index contributed by atoms with van der Waals surface area (Å²) < 4.78 is 1.23. The van der Waals surface area contributed by atoms with Crippen LogP contribution in [0.15, 0.2) is 9.10 Å². The summed E-state index contributed by atoms with van der Waals surface area (Å²) in [4.78, 5) is 2.56. The molecule has 0 unspecified atom stereocenters. The molecule has 0 amide bonds. The lowest BCUT2D eigenvalue weighted by Gasteiger charge is -1.93. The number of hydrogen-bond donors (Lipinski definition) is 0. The zero-order chi connectivity index (χ0) is 8.43. The molecule has 0 aliphatic rings. The van der Waals surface area contributed by atoms with Gasteiger partial charge in [-0.25, -0.2) is 0 Å². The highest BCUT2D eigenvalue weighted by Gasteiger charge is 2.11. The molecule has 0 saturated heterocycles. The first-order chi connectivity index (χ1) is 5.20. The molecule has 1 rings (SSSR count). The van der Waals surface area contributed by atoms with Gasteiger partial charge in [0, 0.05) is 9.77 Å². The number of rotatable bonds is 2. The van der Waals surface area contributed by atoms with E-state index in [1.54, 1.807) is 34.9 Å². The minimum Gasteiger partial charge on any atom is -0.131 e. The molecular weight excluding hydrogens is 216 g/mol. The third-order valence-corrected chi connectivity index (χ3v) is 5.32. The predicted octanol–water partition coefficient (Wildman–Crippen LogP) is 4.15. The fraction of sp³-hybridized carbons (Fsp3) is 0.429. The number of aryl methyl sites for hydroxylation is 1. The van der Waals surface area contributed by atoms with Crippen LogP contribution in [0.5, 0.6) is 0 Å². The molecule has 0 fully saturated rings. The molecule has 0 aromatic carbocycles. The normalized spacial score (nSPS) is 10.5. The third kappa shape index (κ3) is 1.89. The zero-order valence-electron chi connectivity index (χ0n) is 6.60. The first-order valence-electron chi connectivity index (χ1n) is 3.07. The van der Waals surface area contributed by atoms with E-state index in [1.165, 1.54) is 14.0 Å². The van der Waals surface area contributed by atoms with Crippen molar-refractivity contribution in [3.63, 3.8) is 0 Å². The second-order valence-corrected chi connectivity index (χ2v) is 5.49. The summed E-state index contributed by atoms with van der Waals surface area (Å²) in [5.41, 5.74) is 0. The van der Waals surface area contributed by atoms with Crippen LogP contribution in [0.4, 0.5) is 0 Å². The summed E-state index contributed by atoms with van der Waals surface area (Å²) in [6, 6.07) is 0. The fourth-order valence-corrected chi connectivity index (χ4v) is 4.35. The second-order valence-electron chi connectivity index (χ2n) is 2.00. The van der Waals surface area contributed by atoms with Crippen molar-refractivity contribution in [2.24, 2.45) is 0 Å². The molecule has 0 saturated carbocycles. The first-order valence-corrected chi connectivity index (χ1v) is 6.72. The molecule has 0 N–H and O–H groups in total. The second kappa shape index (κ2) is 4.08. The molecule has 1 heterocycles. The van der Waals surface area contributed by atoms with E-state index in [4.69, 9.17) is 11.6 Å². The van der Waals surface area contributed by atoms with Crippen molar-refractivity contribution in [2.45, 2.75) is 16.0 Å². The number of hydrogen-bond acceptors (Lipinski definition) is 3. The minimum absolute atomic E-state index is 0.938. The molecule has 0 bridgehead atoms. The Hall–Kier alpha value is 0.690. The molecule has 1 aromatic rings. The van der Waals surface area contributed by atoms with Gasteiger partial charge in [0.2, 0.25) is 0 Å². The molecule has 4 heteroatoms. The highest BCUT2D eigenvalue weighted by molar-refractivity contribution is 8.01. The van der Waals surface area contributed by atoms with Gasteiger partial charge in [0.25, 0.3) is 0 Å². The molecule has 1 aromatic heterocycles. The van der Waals surface area contributed by atoms with E-state index in [9.17, 15) is 0 Å². The Morgan fingerprint density at radius 3 is 2.18 bits per heavy atom. The maximum atomic E-state index is 6.10. The highest BCUT2D eigenvalue weighted by atomic mass is 35.5. The third-order valence-electron chi connectivity index (χ3n) is 1.33. The molecule has 62 valence electrons.